The number of hydrogen-bond donors (Lipinski definition) is 0. The van der Waals surface area contributed by atoms with Crippen molar-refractivity contribution in [2.75, 3.05) is 6.54 Å². The Kier molecular flexibility index (Phi) is 5.71. The van der Waals surface area contributed by atoms with Crippen molar-refractivity contribution < 1.29 is 4.79 Å². The molecule has 2 rings (SSSR count). The van der Waals surface area contributed by atoms with Gasteiger partial charge < -0.3 is 0 Å². The van der Waals surface area contributed by atoms with E-state index in [1.807, 2.05) is 37.3 Å². The van der Waals surface area contributed by atoms with Crippen LogP contribution in [0.1, 0.15) is 36.0 Å². The molecule has 2 aromatic rings. The number of hydrogen-bond acceptors (Lipinski definition) is 3. The summed E-state index contributed by atoms with van der Waals surface area (Å²) in [6, 6.07) is 14.3. The van der Waals surface area contributed by atoms with Gasteiger partial charge in [0.15, 0.2) is 5.78 Å². The summed E-state index contributed by atoms with van der Waals surface area (Å²) >= 11 is 1.77. The molecule has 0 amide bonds. The minimum atomic E-state index is 0.00904. The topological polar surface area (TPSA) is 20.3 Å². The highest BCUT2D eigenvalue weighted by Crippen LogP contribution is 2.17. The molecule has 112 valence electrons. The molecule has 0 spiro atoms. The van der Waals surface area contributed by atoms with Crippen molar-refractivity contribution in [3.8, 4) is 0 Å². The first-order valence-electron chi connectivity index (χ1n) is 7.43. The van der Waals surface area contributed by atoms with Crippen LogP contribution in [0.4, 0.5) is 0 Å². The second-order valence-corrected chi connectivity index (χ2v) is 6.77. The lowest BCUT2D eigenvalue weighted by atomic mass is 9.98. The summed E-state index contributed by atoms with van der Waals surface area (Å²) < 4.78 is 0. The van der Waals surface area contributed by atoms with E-state index < -0.39 is 0 Å². The molecule has 0 saturated heterocycles. The van der Waals surface area contributed by atoms with Crippen LogP contribution in [-0.2, 0) is 6.54 Å². The molecule has 1 aromatic heterocycles. The first kappa shape index (κ1) is 15.9. The van der Waals surface area contributed by atoms with Crippen LogP contribution in [0.5, 0.6) is 0 Å². The van der Waals surface area contributed by atoms with Gasteiger partial charge >= 0.3 is 0 Å². The van der Waals surface area contributed by atoms with E-state index in [0.717, 1.165) is 18.7 Å². The minimum absolute atomic E-state index is 0.00904. The number of Topliss-reactive ketones (excluding diaryl/α,β-unsaturated/α-hetero) is 1. The fourth-order valence-corrected chi connectivity index (χ4v) is 3.11. The van der Waals surface area contributed by atoms with Crippen molar-refractivity contribution in [2.45, 2.75) is 33.4 Å². The molecular weight excluding hydrogens is 278 g/mol. The van der Waals surface area contributed by atoms with E-state index >= 15 is 0 Å². The summed E-state index contributed by atoms with van der Waals surface area (Å²) in [6.45, 7) is 8.12. The van der Waals surface area contributed by atoms with Crippen molar-refractivity contribution in [3.05, 3.63) is 58.3 Å². The molecule has 3 heteroatoms. The predicted octanol–water partition coefficient (Wildman–Crippen LogP) is 4.48. The maximum absolute atomic E-state index is 12.5. The first-order chi connectivity index (χ1) is 10.1. The summed E-state index contributed by atoms with van der Waals surface area (Å²) in [4.78, 5) is 16.2. The van der Waals surface area contributed by atoms with Gasteiger partial charge in [0.05, 0.1) is 0 Å². The zero-order valence-corrected chi connectivity index (χ0v) is 13.8. The number of carbonyl (C=O) groups excluding carboxylic acids is 1. The summed E-state index contributed by atoms with van der Waals surface area (Å²) in [7, 11) is 0. The maximum Gasteiger partial charge on any atom is 0.166 e. The highest BCUT2D eigenvalue weighted by molar-refractivity contribution is 7.09. The van der Waals surface area contributed by atoms with Crippen LogP contribution < -0.4 is 0 Å². The Balaban J connectivity index is 2.01. The van der Waals surface area contributed by atoms with E-state index in [1.54, 1.807) is 11.3 Å². The van der Waals surface area contributed by atoms with Gasteiger partial charge in [-0.3, -0.25) is 9.69 Å². The largest absolute Gasteiger partial charge is 0.295 e. The monoisotopic (exact) mass is 301 g/mol. The minimum Gasteiger partial charge on any atom is -0.295 e. The number of benzene rings is 1. The third-order valence-electron chi connectivity index (χ3n) is 3.68. The third-order valence-corrected chi connectivity index (χ3v) is 4.54. The smallest absolute Gasteiger partial charge is 0.166 e. The Bertz CT molecular complexity index is 548. The second-order valence-electron chi connectivity index (χ2n) is 5.73. The van der Waals surface area contributed by atoms with E-state index in [0.29, 0.717) is 6.04 Å². The fraction of sp³-hybridized carbons (Fsp3) is 0.389. The van der Waals surface area contributed by atoms with Crippen molar-refractivity contribution >= 4 is 17.1 Å². The van der Waals surface area contributed by atoms with Crippen LogP contribution in [0.3, 0.4) is 0 Å². The van der Waals surface area contributed by atoms with Crippen molar-refractivity contribution in [1.29, 1.82) is 0 Å². The first-order valence-corrected chi connectivity index (χ1v) is 8.31. The predicted molar refractivity (Wildman–Crippen MR) is 89.8 cm³/mol. The summed E-state index contributed by atoms with van der Waals surface area (Å²) in [6.07, 6.45) is 0. The van der Waals surface area contributed by atoms with Crippen LogP contribution in [-0.4, -0.2) is 23.3 Å². The standard InChI is InChI=1S/C18H23NOS/c1-14(2)19(13-17-10-7-11-21-17)12-15(3)18(20)16-8-5-4-6-9-16/h4-11,14-15H,12-13H2,1-3H3. The van der Waals surface area contributed by atoms with Gasteiger partial charge in [-0.2, -0.15) is 0 Å². The molecule has 0 N–H and O–H groups in total. The molecule has 0 saturated carbocycles. The lowest BCUT2D eigenvalue weighted by Crippen LogP contribution is -2.36. The highest BCUT2D eigenvalue weighted by Gasteiger charge is 2.20. The Morgan fingerprint density at radius 2 is 1.81 bits per heavy atom. The molecule has 1 atom stereocenters. The summed E-state index contributed by atoms with van der Waals surface area (Å²) in [5.41, 5.74) is 0.810. The SMILES string of the molecule is CC(CN(Cc1cccs1)C(C)C)C(=O)c1ccccc1. The molecule has 1 heterocycles. The van der Waals surface area contributed by atoms with E-state index in [1.165, 1.54) is 4.88 Å². The van der Waals surface area contributed by atoms with E-state index in [9.17, 15) is 4.79 Å². The molecule has 0 fully saturated rings. The van der Waals surface area contributed by atoms with Crippen LogP contribution >= 0.6 is 11.3 Å². The summed E-state index contributed by atoms with van der Waals surface area (Å²) in [5.74, 6) is 0.238. The van der Waals surface area contributed by atoms with Crippen molar-refractivity contribution in [1.82, 2.24) is 4.90 Å². The van der Waals surface area contributed by atoms with Crippen molar-refractivity contribution in [2.24, 2.45) is 5.92 Å². The molecule has 2 nitrogen and oxygen atoms in total. The molecular formula is C18H23NOS. The molecule has 0 bridgehead atoms. The molecule has 0 aliphatic carbocycles. The lowest BCUT2D eigenvalue weighted by Gasteiger charge is -2.28. The quantitative estimate of drug-likeness (QED) is 0.703. The van der Waals surface area contributed by atoms with Gasteiger partial charge in [-0.25, -0.2) is 0 Å². The number of carbonyl (C=O) groups is 1. The number of nitrogens with zero attached hydrogens (tertiary/aromatic N) is 1. The van der Waals surface area contributed by atoms with E-state index in [2.05, 4.69) is 36.3 Å². The molecule has 1 unspecified atom stereocenters. The van der Waals surface area contributed by atoms with Crippen molar-refractivity contribution in [3.63, 3.8) is 0 Å². The average Bonchev–Trinajstić information content (AvgIpc) is 2.99. The van der Waals surface area contributed by atoms with Gasteiger partial charge in [0, 0.05) is 35.5 Å². The molecule has 0 aliphatic rings. The normalized spacial score (nSPS) is 12.8. The lowest BCUT2D eigenvalue weighted by molar-refractivity contribution is 0.0872. The Hall–Kier alpha value is -1.45. The fourth-order valence-electron chi connectivity index (χ4n) is 2.38. The highest BCUT2D eigenvalue weighted by atomic mass is 32.1. The summed E-state index contributed by atoms with van der Waals surface area (Å²) in [5, 5.41) is 2.10. The third kappa shape index (κ3) is 4.51. The Labute approximate surface area is 131 Å². The molecule has 0 radical (unpaired) electrons. The zero-order chi connectivity index (χ0) is 15.2. The Morgan fingerprint density at radius 1 is 1.10 bits per heavy atom. The van der Waals surface area contributed by atoms with Gasteiger partial charge in [0.1, 0.15) is 0 Å². The average molecular weight is 301 g/mol. The van der Waals surface area contributed by atoms with Gasteiger partial charge in [-0.15, -0.1) is 11.3 Å². The van der Waals surface area contributed by atoms with E-state index in [-0.39, 0.29) is 11.7 Å². The number of thiophene rings is 1. The molecule has 0 aliphatic heterocycles. The maximum atomic E-state index is 12.5. The number of rotatable bonds is 7. The molecule has 1 aromatic carbocycles. The molecule has 21 heavy (non-hydrogen) atoms. The number of ketones is 1. The second kappa shape index (κ2) is 7.53. The van der Waals surface area contributed by atoms with Crippen LogP contribution in [0, 0.1) is 5.92 Å². The van der Waals surface area contributed by atoms with Gasteiger partial charge in [-0.1, -0.05) is 43.3 Å². The van der Waals surface area contributed by atoms with E-state index in [4.69, 9.17) is 0 Å². The zero-order valence-electron chi connectivity index (χ0n) is 13.0. The Morgan fingerprint density at radius 3 is 2.38 bits per heavy atom. The van der Waals surface area contributed by atoms with Crippen LogP contribution in [0.2, 0.25) is 0 Å². The van der Waals surface area contributed by atoms with Gasteiger partial charge in [-0.05, 0) is 25.3 Å². The van der Waals surface area contributed by atoms with Crippen LogP contribution in [0.15, 0.2) is 47.8 Å². The van der Waals surface area contributed by atoms with Crippen LogP contribution in [0.25, 0.3) is 0 Å². The van der Waals surface area contributed by atoms with Gasteiger partial charge in [0.2, 0.25) is 0 Å². The van der Waals surface area contributed by atoms with Gasteiger partial charge in [0.25, 0.3) is 0 Å².